The van der Waals surface area contributed by atoms with Gasteiger partial charge in [-0.05, 0) is 54.1 Å². The number of carbonyl (C=O) groups excluding carboxylic acids is 1. The van der Waals surface area contributed by atoms with E-state index >= 15 is 0 Å². The molecule has 3 aromatic carbocycles. The van der Waals surface area contributed by atoms with Crippen molar-refractivity contribution in [3.63, 3.8) is 0 Å². The second kappa shape index (κ2) is 8.95. The zero-order chi connectivity index (χ0) is 24.8. The number of hydrogen-bond donors (Lipinski definition) is 2. The summed E-state index contributed by atoms with van der Waals surface area (Å²) < 4.78 is 29.7. The highest BCUT2D eigenvalue weighted by molar-refractivity contribution is 6.30. The third-order valence-corrected chi connectivity index (χ3v) is 6.96. The summed E-state index contributed by atoms with van der Waals surface area (Å²) in [5, 5.41) is 6.63. The number of anilines is 3. The molecule has 6 nitrogen and oxygen atoms in total. The van der Waals surface area contributed by atoms with E-state index < -0.39 is 5.82 Å². The van der Waals surface area contributed by atoms with Crippen LogP contribution in [0.25, 0.3) is 11.3 Å². The lowest BCUT2D eigenvalue weighted by molar-refractivity contribution is -0.133. The van der Waals surface area contributed by atoms with E-state index in [2.05, 4.69) is 10.6 Å². The Balaban J connectivity index is 1.31. The molecule has 3 heterocycles. The molecular formula is C27H22ClF2N5O. The summed E-state index contributed by atoms with van der Waals surface area (Å²) in [5.41, 5.74) is 3.95. The number of carbonyl (C=O) groups is 1. The molecular weight excluding hydrogens is 484 g/mol. The molecule has 1 atom stereocenters. The largest absolute Gasteiger partial charge is 0.373 e. The summed E-state index contributed by atoms with van der Waals surface area (Å²) in [6.07, 6.45) is 0.649. The second-order valence-electron chi connectivity index (χ2n) is 8.96. The van der Waals surface area contributed by atoms with E-state index in [1.165, 1.54) is 24.3 Å². The lowest BCUT2D eigenvalue weighted by Crippen LogP contribution is -2.45. The molecule has 182 valence electrons. The Morgan fingerprint density at radius 3 is 2.64 bits per heavy atom. The van der Waals surface area contributed by atoms with E-state index in [0.717, 1.165) is 11.3 Å². The molecule has 1 amide bonds. The smallest absolute Gasteiger partial charge is 0.245 e. The van der Waals surface area contributed by atoms with E-state index in [9.17, 15) is 13.6 Å². The first-order valence-electron chi connectivity index (χ1n) is 11.7. The summed E-state index contributed by atoms with van der Waals surface area (Å²) >= 11 is 5.85. The van der Waals surface area contributed by atoms with Gasteiger partial charge in [0.15, 0.2) is 0 Å². The fourth-order valence-corrected chi connectivity index (χ4v) is 4.95. The first-order chi connectivity index (χ1) is 17.5. The summed E-state index contributed by atoms with van der Waals surface area (Å²) in [4.78, 5) is 20.0. The standard InChI is InChI=1S/C27H22ClF2N5O/c28-20-10-9-19(14-21(20)30)31-26-25(16-5-7-18(29)8-6-16)33-24-15-34(11-12-35(24)26)27(36)23-13-17-3-1-2-4-22(17)32-23/h1-10,14,23,31-32H,11-13,15H2/t23-/m0/s1. The maximum Gasteiger partial charge on any atom is 0.245 e. The fourth-order valence-electron chi connectivity index (χ4n) is 4.83. The van der Waals surface area contributed by atoms with Crippen LogP contribution in [0.15, 0.2) is 66.7 Å². The van der Waals surface area contributed by atoms with Crippen LogP contribution < -0.4 is 10.6 Å². The number of rotatable bonds is 4. The van der Waals surface area contributed by atoms with Crippen LogP contribution in [0.5, 0.6) is 0 Å². The van der Waals surface area contributed by atoms with Gasteiger partial charge < -0.3 is 20.1 Å². The molecule has 4 aromatic rings. The van der Waals surface area contributed by atoms with Crippen LogP contribution in [-0.2, 0) is 24.3 Å². The average molecular weight is 506 g/mol. The SMILES string of the molecule is O=C([C@@H]1Cc2ccccc2N1)N1CCn2c(nc(-c3ccc(F)cc3)c2Nc2ccc(Cl)c(F)c2)C1. The van der Waals surface area contributed by atoms with Crippen molar-refractivity contribution < 1.29 is 13.6 Å². The number of para-hydroxylation sites is 1. The second-order valence-corrected chi connectivity index (χ2v) is 9.36. The zero-order valence-electron chi connectivity index (χ0n) is 19.1. The van der Waals surface area contributed by atoms with Crippen molar-refractivity contribution in [1.82, 2.24) is 14.5 Å². The van der Waals surface area contributed by atoms with E-state index in [1.807, 2.05) is 33.7 Å². The van der Waals surface area contributed by atoms with Gasteiger partial charge in [-0.25, -0.2) is 13.8 Å². The van der Waals surface area contributed by atoms with Gasteiger partial charge in [-0.1, -0.05) is 29.8 Å². The van der Waals surface area contributed by atoms with Gasteiger partial charge in [0.05, 0.1) is 11.6 Å². The predicted octanol–water partition coefficient (Wildman–Crippen LogP) is 5.60. The molecule has 0 saturated heterocycles. The predicted molar refractivity (Wildman–Crippen MR) is 135 cm³/mol. The number of hydrogen-bond acceptors (Lipinski definition) is 4. The van der Waals surface area contributed by atoms with Gasteiger partial charge >= 0.3 is 0 Å². The van der Waals surface area contributed by atoms with Crippen molar-refractivity contribution in [1.29, 1.82) is 0 Å². The van der Waals surface area contributed by atoms with Crippen molar-refractivity contribution in [2.45, 2.75) is 25.6 Å². The maximum absolute atomic E-state index is 14.1. The van der Waals surface area contributed by atoms with Crippen molar-refractivity contribution in [3.05, 3.63) is 94.8 Å². The molecule has 0 radical (unpaired) electrons. The Morgan fingerprint density at radius 2 is 1.86 bits per heavy atom. The highest BCUT2D eigenvalue weighted by atomic mass is 35.5. The molecule has 2 aliphatic rings. The molecule has 9 heteroatoms. The molecule has 2 aliphatic heterocycles. The van der Waals surface area contributed by atoms with Crippen LogP contribution in [0.4, 0.5) is 26.0 Å². The topological polar surface area (TPSA) is 62.2 Å². The van der Waals surface area contributed by atoms with Crippen LogP contribution >= 0.6 is 11.6 Å². The summed E-state index contributed by atoms with van der Waals surface area (Å²) in [5.74, 6) is 0.486. The lowest BCUT2D eigenvalue weighted by atomic mass is 10.1. The molecule has 0 spiro atoms. The zero-order valence-corrected chi connectivity index (χ0v) is 19.9. The molecule has 36 heavy (non-hydrogen) atoms. The van der Waals surface area contributed by atoms with Crippen LogP contribution in [-0.4, -0.2) is 32.9 Å². The highest BCUT2D eigenvalue weighted by Gasteiger charge is 2.33. The van der Waals surface area contributed by atoms with Gasteiger partial charge in [-0.15, -0.1) is 0 Å². The van der Waals surface area contributed by atoms with E-state index in [4.69, 9.17) is 16.6 Å². The molecule has 0 fully saturated rings. The van der Waals surface area contributed by atoms with Crippen molar-refractivity contribution in [2.24, 2.45) is 0 Å². The van der Waals surface area contributed by atoms with Crippen molar-refractivity contribution in [3.8, 4) is 11.3 Å². The quantitative estimate of drug-likeness (QED) is 0.379. The Labute approximate surface area is 211 Å². The Morgan fingerprint density at radius 1 is 1.06 bits per heavy atom. The first-order valence-corrected chi connectivity index (χ1v) is 12.0. The number of aromatic nitrogens is 2. The van der Waals surface area contributed by atoms with Crippen molar-refractivity contribution >= 4 is 34.7 Å². The van der Waals surface area contributed by atoms with Gasteiger partial charge in [0, 0.05) is 36.4 Å². The number of fused-ring (bicyclic) bond motifs is 2. The van der Waals surface area contributed by atoms with Gasteiger partial charge in [0.25, 0.3) is 0 Å². The third-order valence-electron chi connectivity index (χ3n) is 6.65. The molecule has 0 saturated carbocycles. The number of imidazole rings is 1. The Kier molecular flexibility index (Phi) is 5.60. The van der Waals surface area contributed by atoms with Crippen LogP contribution in [0, 0.1) is 11.6 Å². The van der Waals surface area contributed by atoms with E-state index in [0.29, 0.717) is 54.6 Å². The minimum absolute atomic E-state index is 0.0260. The Hall–Kier alpha value is -3.91. The minimum Gasteiger partial charge on any atom is -0.373 e. The summed E-state index contributed by atoms with van der Waals surface area (Å²) in [6, 6.07) is 18.2. The van der Waals surface area contributed by atoms with Gasteiger partial charge in [-0.2, -0.15) is 0 Å². The van der Waals surface area contributed by atoms with Crippen LogP contribution in [0.3, 0.4) is 0 Å². The highest BCUT2D eigenvalue weighted by Crippen LogP contribution is 2.34. The average Bonchev–Trinajstić information content (AvgIpc) is 3.48. The van der Waals surface area contributed by atoms with E-state index in [1.54, 1.807) is 18.2 Å². The minimum atomic E-state index is -0.537. The molecule has 0 unspecified atom stereocenters. The maximum atomic E-state index is 14.1. The number of nitrogens with zero attached hydrogens (tertiary/aromatic N) is 3. The number of nitrogens with one attached hydrogen (secondary N) is 2. The molecule has 1 aromatic heterocycles. The van der Waals surface area contributed by atoms with E-state index in [-0.39, 0.29) is 22.8 Å². The fraction of sp³-hybridized carbons (Fsp3) is 0.185. The van der Waals surface area contributed by atoms with Gasteiger partial charge in [-0.3, -0.25) is 4.79 Å². The number of amides is 1. The lowest BCUT2D eigenvalue weighted by Gasteiger charge is -2.30. The molecule has 0 aliphatic carbocycles. The molecule has 6 rings (SSSR count). The molecule has 2 N–H and O–H groups in total. The van der Waals surface area contributed by atoms with Crippen LogP contribution in [0.2, 0.25) is 5.02 Å². The normalized spacial score (nSPS) is 16.3. The number of halogens is 3. The van der Waals surface area contributed by atoms with Crippen LogP contribution in [0.1, 0.15) is 11.4 Å². The number of benzene rings is 3. The third kappa shape index (κ3) is 4.07. The first kappa shape index (κ1) is 22.5. The Bertz CT molecular complexity index is 1440. The summed E-state index contributed by atoms with van der Waals surface area (Å²) in [7, 11) is 0. The van der Waals surface area contributed by atoms with Gasteiger partial charge in [0.1, 0.15) is 35.0 Å². The monoisotopic (exact) mass is 505 g/mol. The summed E-state index contributed by atoms with van der Waals surface area (Å²) in [6.45, 7) is 1.34. The molecule has 0 bridgehead atoms. The van der Waals surface area contributed by atoms with Crippen molar-refractivity contribution in [2.75, 3.05) is 17.2 Å². The van der Waals surface area contributed by atoms with Gasteiger partial charge in [0.2, 0.25) is 5.91 Å².